The number of fused-ring (bicyclic) bond motifs is 4. The average molecular weight is 364 g/mol. The highest BCUT2D eigenvalue weighted by molar-refractivity contribution is 6.14. The Balaban J connectivity index is 1.30. The second kappa shape index (κ2) is 6.44. The molecule has 0 saturated carbocycles. The number of guanidine groups is 1. The van der Waals surface area contributed by atoms with Gasteiger partial charge in [-0.1, -0.05) is 30.3 Å². The van der Waals surface area contributed by atoms with E-state index in [1.54, 1.807) is 11.1 Å². The maximum absolute atomic E-state index is 14.0. The minimum Gasteiger partial charge on any atom is -0.368 e. The summed E-state index contributed by atoms with van der Waals surface area (Å²) >= 11 is 0. The second-order valence-electron chi connectivity index (χ2n) is 7.12. The van der Waals surface area contributed by atoms with Crippen molar-refractivity contribution >= 4 is 17.5 Å². The third-order valence-corrected chi connectivity index (χ3v) is 5.38. The van der Waals surface area contributed by atoms with Crippen LogP contribution in [0.25, 0.3) is 0 Å². The molecular formula is C20H21FN6. The summed E-state index contributed by atoms with van der Waals surface area (Å²) in [6, 6.07) is 13.5. The van der Waals surface area contributed by atoms with Crippen LogP contribution >= 0.6 is 0 Å². The van der Waals surface area contributed by atoms with Crippen molar-refractivity contribution in [2.24, 2.45) is 15.7 Å². The quantitative estimate of drug-likeness (QED) is 0.875. The Kier molecular flexibility index (Phi) is 3.91. The standard InChI is InChI=1S/C20H21FN6/c21-16-7-3-6-15-18(16)24-20(22)27-19(15)23-17(25-27)9-11-26-10-8-13-4-1-2-5-14(13)12-26/h1-7,17,25H,8-12H2,(H2,22,24). The molecule has 0 fully saturated rings. The fourth-order valence-corrected chi connectivity index (χ4v) is 3.96. The highest BCUT2D eigenvalue weighted by atomic mass is 19.1. The molecule has 0 saturated heterocycles. The van der Waals surface area contributed by atoms with E-state index in [1.165, 1.54) is 17.2 Å². The number of aliphatic imine (C=N–C) groups is 2. The average Bonchev–Trinajstić information content (AvgIpc) is 3.13. The van der Waals surface area contributed by atoms with Gasteiger partial charge in [0.1, 0.15) is 17.7 Å². The number of nitrogens with one attached hydrogen (secondary N) is 1. The minimum atomic E-state index is -0.381. The summed E-state index contributed by atoms with van der Waals surface area (Å²) < 4.78 is 14.0. The molecule has 3 N–H and O–H groups in total. The van der Waals surface area contributed by atoms with Crippen LogP contribution in [0.1, 0.15) is 23.1 Å². The highest BCUT2D eigenvalue weighted by Gasteiger charge is 2.33. The van der Waals surface area contributed by atoms with Crippen LogP contribution in [-0.4, -0.2) is 41.0 Å². The molecule has 0 bridgehead atoms. The van der Waals surface area contributed by atoms with Gasteiger partial charge in [-0.15, -0.1) is 0 Å². The highest BCUT2D eigenvalue weighted by Crippen LogP contribution is 2.30. The number of amidine groups is 1. The first kappa shape index (κ1) is 16.4. The molecule has 27 heavy (non-hydrogen) atoms. The molecule has 1 atom stereocenters. The normalized spacial score (nSPS) is 21.2. The van der Waals surface area contributed by atoms with E-state index in [0.717, 1.165) is 32.5 Å². The topological polar surface area (TPSA) is 69.2 Å². The Morgan fingerprint density at radius 1 is 1.15 bits per heavy atom. The lowest BCUT2D eigenvalue weighted by Gasteiger charge is -2.29. The number of para-hydroxylation sites is 1. The van der Waals surface area contributed by atoms with Crippen molar-refractivity contribution in [3.63, 3.8) is 0 Å². The van der Waals surface area contributed by atoms with E-state index in [1.807, 2.05) is 6.07 Å². The summed E-state index contributed by atoms with van der Waals surface area (Å²) in [5, 5.41) is 1.66. The largest absolute Gasteiger partial charge is 0.368 e. The third-order valence-electron chi connectivity index (χ3n) is 5.38. The van der Waals surface area contributed by atoms with Gasteiger partial charge < -0.3 is 5.73 Å². The monoisotopic (exact) mass is 364 g/mol. The Morgan fingerprint density at radius 3 is 2.89 bits per heavy atom. The van der Waals surface area contributed by atoms with Crippen molar-refractivity contribution < 1.29 is 4.39 Å². The lowest BCUT2D eigenvalue weighted by molar-refractivity contribution is 0.234. The van der Waals surface area contributed by atoms with Gasteiger partial charge in [0.25, 0.3) is 0 Å². The Labute approximate surface area is 157 Å². The zero-order chi connectivity index (χ0) is 18.4. The summed E-state index contributed by atoms with van der Waals surface area (Å²) in [6.07, 6.45) is 1.83. The van der Waals surface area contributed by atoms with Crippen molar-refractivity contribution in [3.05, 3.63) is 65.0 Å². The van der Waals surface area contributed by atoms with E-state index in [0.29, 0.717) is 11.4 Å². The molecule has 6 nitrogen and oxygen atoms in total. The lowest BCUT2D eigenvalue weighted by Crippen LogP contribution is -2.50. The van der Waals surface area contributed by atoms with Gasteiger partial charge in [0.15, 0.2) is 5.84 Å². The smallest absolute Gasteiger partial charge is 0.217 e. The molecule has 0 amide bonds. The molecule has 2 aromatic carbocycles. The van der Waals surface area contributed by atoms with Crippen molar-refractivity contribution in [2.45, 2.75) is 25.6 Å². The van der Waals surface area contributed by atoms with Gasteiger partial charge in [-0.3, -0.25) is 4.90 Å². The molecule has 3 heterocycles. The van der Waals surface area contributed by atoms with E-state index in [9.17, 15) is 4.39 Å². The summed E-state index contributed by atoms with van der Waals surface area (Å²) in [5.41, 5.74) is 13.1. The van der Waals surface area contributed by atoms with Gasteiger partial charge in [-0.05, 0) is 36.1 Å². The SMILES string of the molecule is NC1=Nc2c(F)cccc2C2=NC(CCN3CCc4ccccc4C3)NN12. The van der Waals surface area contributed by atoms with Crippen LogP contribution in [0, 0.1) is 5.82 Å². The Morgan fingerprint density at radius 2 is 2.00 bits per heavy atom. The van der Waals surface area contributed by atoms with Gasteiger partial charge in [-0.2, -0.15) is 0 Å². The number of benzene rings is 2. The van der Waals surface area contributed by atoms with Crippen LogP contribution < -0.4 is 11.2 Å². The number of nitrogens with two attached hydrogens (primary N) is 1. The summed E-state index contributed by atoms with van der Waals surface area (Å²) in [6.45, 7) is 2.96. The summed E-state index contributed by atoms with van der Waals surface area (Å²) in [4.78, 5) is 11.4. The van der Waals surface area contributed by atoms with Crippen LogP contribution in [0.5, 0.6) is 0 Å². The van der Waals surface area contributed by atoms with Crippen LogP contribution in [-0.2, 0) is 13.0 Å². The van der Waals surface area contributed by atoms with Gasteiger partial charge in [0.05, 0.1) is 0 Å². The first-order valence-corrected chi connectivity index (χ1v) is 9.25. The number of rotatable bonds is 3. The second-order valence-corrected chi connectivity index (χ2v) is 7.12. The predicted octanol–water partition coefficient (Wildman–Crippen LogP) is 2.13. The third kappa shape index (κ3) is 2.89. The molecule has 3 aliphatic heterocycles. The van der Waals surface area contributed by atoms with E-state index >= 15 is 0 Å². The van der Waals surface area contributed by atoms with Crippen LogP contribution in [0.2, 0.25) is 0 Å². The van der Waals surface area contributed by atoms with Crippen molar-refractivity contribution in [3.8, 4) is 0 Å². The fraction of sp³-hybridized carbons (Fsp3) is 0.300. The number of hydrogen-bond acceptors (Lipinski definition) is 6. The van der Waals surface area contributed by atoms with Crippen molar-refractivity contribution in [1.82, 2.24) is 15.3 Å². The zero-order valence-electron chi connectivity index (χ0n) is 14.9. The van der Waals surface area contributed by atoms with Crippen LogP contribution in [0.15, 0.2) is 52.4 Å². The van der Waals surface area contributed by atoms with E-state index < -0.39 is 0 Å². The molecule has 2 aromatic rings. The molecular weight excluding hydrogens is 343 g/mol. The first-order chi connectivity index (χ1) is 13.2. The first-order valence-electron chi connectivity index (χ1n) is 9.25. The minimum absolute atomic E-state index is 0.0971. The van der Waals surface area contributed by atoms with Gasteiger partial charge in [0, 0.05) is 25.2 Å². The maximum atomic E-state index is 14.0. The Bertz CT molecular complexity index is 953. The molecule has 3 aliphatic rings. The van der Waals surface area contributed by atoms with Crippen molar-refractivity contribution in [1.29, 1.82) is 0 Å². The van der Waals surface area contributed by atoms with Gasteiger partial charge in [0.2, 0.25) is 5.96 Å². The van der Waals surface area contributed by atoms with Crippen molar-refractivity contribution in [2.75, 3.05) is 13.1 Å². The maximum Gasteiger partial charge on any atom is 0.217 e. The van der Waals surface area contributed by atoms with Gasteiger partial charge >= 0.3 is 0 Å². The summed E-state index contributed by atoms with van der Waals surface area (Å²) in [7, 11) is 0. The van der Waals surface area contributed by atoms with E-state index in [2.05, 4.69) is 39.6 Å². The zero-order valence-corrected chi connectivity index (χ0v) is 14.9. The van der Waals surface area contributed by atoms with Crippen LogP contribution in [0.4, 0.5) is 10.1 Å². The van der Waals surface area contributed by atoms with Crippen LogP contribution in [0.3, 0.4) is 0 Å². The van der Waals surface area contributed by atoms with E-state index in [4.69, 9.17) is 10.7 Å². The molecule has 5 rings (SSSR count). The van der Waals surface area contributed by atoms with Gasteiger partial charge in [-0.25, -0.2) is 24.8 Å². The molecule has 7 heteroatoms. The molecule has 0 spiro atoms. The lowest BCUT2D eigenvalue weighted by atomic mass is 10.00. The number of hydrazine groups is 1. The molecule has 0 aromatic heterocycles. The molecule has 138 valence electrons. The number of halogens is 1. The molecule has 0 radical (unpaired) electrons. The predicted molar refractivity (Wildman–Crippen MR) is 103 cm³/mol. The fourth-order valence-electron chi connectivity index (χ4n) is 3.96. The van der Waals surface area contributed by atoms with E-state index in [-0.39, 0.29) is 23.6 Å². The summed E-state index contributed by atoms with van der Waals surface area (Å²) in [5.74, 6) is 0.486. The number of nitrogens with zero attached hydrogens (tertiary/aromatic N) is 4. The molecule has 0 aliphatic carbocycles. The number of hydrogen-bond donors (Lipinski definition) is 2. The molecule has 1 unspecified atom stereocenters. The Hall–Kier alpha value is -2.77.